The molecule has 5 nitrogen and oxygen atoms in total. The van der Waals surface area contributed by atoms with Gasteiger partial charge in [-0.1, -0.05) is 0 Å². The van der Waals surface area contributed by atoms with Crippen molar-refractivity contribution in [2.24, 2.45) is 5.73 Å². The zero-order chi connectivity index (χ0) is 13.8. The maximum Gasteiger partial charge on any atom is 0.251 e. The molecule has 0 saturated heterocycles. The number of hydrogen-bond donors (Lipinski definition) is 2. The van der Waals surface area contributed by atoms with E-state index in [0.717, 1.165) is 10.9 Å². The molecule has 1 aromatic rings. The van der Waals surface area contributed by atoms with Gasteiger partial charge in [0.2, 0.25) is 0 Å². The predicted octanol–water partition coefficient (Wildman–Crippen LogP) is 1.69. The highest BCUT2D eigenvalue weighted by molar-refractivity contribution is 9.10. The molecule has 1 unspecified atom stereocenters. The number of amides is 1. The molecule has 2 rings (SSSR count). The van der Waals surface area contributed by atoms with Gasteiger partial charge < -0.3 is 20.5 Å². The van der Waals surface area contributed by atoms with Crippen molar-refractivity contribution in [3.05, 3.63) is 22.2 Å². The van der Waals surface area contributed by atoms with Gasteiger partial charge in [0.15, 0.2) is 11.5 Å². The molecule has 6 heteroatoms. The van der Waals surface area contributed by atoms with E-state index in [4.69, 9.17) is 15.2 Å². The van der Waals surface area contributed by atoms with E-state index in [1.165, 1.54) is 0 Å². The smallest absolute Gasteiger partial charge is 0.251 e. The van der Waals surface area contributed by atoms with Gasteiger partial charge in [0.05, 0.1) is 4.47 Å². The molecule has 0 saturated carbocycles. The van der Waals surface area contributed by atoms with Crippen molar-refractivity contribution in [2.45, 2.75) is 19.4 Å². The minimum absolute atomic E-state index is 0.0762. The van der Waals surface area contributed by atoms with Crippen LogP contribution in [0.25, 0.3) is 0 Å². The molecule has 1 heterocycles. The van der Waals surface area contributed by atoms with Crippen molar-refractivity contribution < 1.29 is 14.3 Å². The maximum absolute atomic E-state index is 12.0. The van der Waals surface area contributed by atoms with E-state index in [1.807, 2.05) is 6.92 Å². The van der Waals surface area contributed by atoms with Crippen molar-refractivity contribution in [3.63, 3.8) is 0 Å². The minimum atomic E-state index is -0.140. The maximum atomic E-state index is 12.0. The predicted molar refractivity (Wildman–Crippen MR) is 75.7 cm³/mol. The summed E-state index contributed by atoms with van der Waals surface area (Å²) < 4.78 is 11.7. The Bertz CT molecular complexity index is 477. The molecule has 1 aliphatic rings. The quantitative estimate of drug-likeness (QED) is 0.882. The number of nitrogens with one attached hydrogen (secondary N) is 1. The number of hydrogen-bond acceptors (Lipinski definition) is 4. The Labute approximate surface area is 120 Å². The van der Waals surface area contributed by atoms with Crippen LogP contribution in [0, 0.1) is 0 Å². The van der Waals surface area contributed by atoms with E-state index in [2.05, 4.69) is 21.2 Å². The Morgan fingerprint density at radius 1 is 1.47 bits per heavy atom. The lowest BCUT2D eigenvalue weighted by Crippen LogP contribution is -2.29. The topological polar surface area (TPSA) is 73.6 Å². The highest BCUT2D eigenvalue weighted by Crippen LogP contribution is 2.38. The average molecular weight is 329 g/mol. The van der Waals surface area contributed by atoms with Crippen LogP contribution < -0.4 is 20.5 Å². The van der Waals surface area contributed by atoms with E-state index in [9.17, 15) is 4.79 Å². The Balaban J connectivity index is 2.08. The first-order valence-electron chi connectivity index (χ1n) is 6.21. The lowest BCUT2D eigenvalue weighted by Gasteiger charge is -2.20. The summed E-state index contributed by atoms with van der Waals surface area (Å²) >= 11 is 3.39. The number of halogens is 1. The molecule has 0 aromatic heterocycles. The minimum Gasteiger partial charge on any atom is -0.486 e. The van der Waals surface area contributed by atoms with Crippen LogP contribution in [-0.4, -0.2) is 31.7 Å². The molecule has 0 fully saturated rings. The van der Waals surface area contributed by atoms with Gasteiger partial charge in [0.25, 0.3) is 5.91 Å². The van der Waals surface area contributed by atoms with Crippen LogP contribution in [0.3, 0.4) is 0 Å². The summed E-state index contributed by atoms with van der Waals surface area (Å²) in [6.45, 7) is 3.48. The molecular weight excluding hydrogens is 312 g/mol. The summed E-state index contributed by atoms with van der Waals surface area (Å²) in [7, 11) is 0. The molecular formula is C13H17BrN2O3. The molecule has 3 N–H and O–H groups in total. The van der Waals surface area contributed by atoms with Gasteiger partial charge in [-0.2, -0.15) is 0 Å². The van der Waals surface area contributed by atoms with Gasteiger partial charge >= 0.3 is 0 Å². The first kappa shape index (κ1) is 14.1. The Morgan fingerprint density at radius 3 is 2.95 bits per heavy atom. The Hall–Kier alpha value is -1.27. The van der Waals surface area contributed by atoms with Crippen LogP contribution >= 0.6 is 15.9 Å². The third kappa shape index (κ3) is 3.61. The van der Waals surface area contributed by atoms with E-state index in [0.29, 0.717) is 36.8 Å². The van der Waals surface area contributed by atoms with E-state index in [-0.39, 0.29) is 11.9 Å². The van der Waals surface area contributed by atoms with Crippen molar-refractivity contribution in [1.29, 1.82) is 0 Å². The van der Waals surface area contributed by atoms with Crippen LogP contribution in [-0.2, 0) is 0 Å². The molecule has 0 aliphatic carbocycles. The zero-order valence-electron chi connectivity index (χ0n) is 10.7. The van der Waals surface area contributed by atoms with Crippen molar-refractivity contribution in [1.82, 2.24) is 5.32 Å². The standard InChI is InChI=1S/C13H17BrN2O3/c1-8(15)2-3-16-13(17)9-6-10(14)12-11(7-9)18-4-5-19-12/h6-8H,2-5,15H2,1H3,(H,16,17). The number of carbonyl (C=O) groups is 1. The van der Waals surface area contributed by atoms with E-state index >= 15 is 0 Å². The van der Waals surface area contributed by atoms with Crippen LogP contribution in [0.15, 0.2) is 16.6 Å². The summed E-state index contributed by atoms with van der Waals surface area (Å²) in [5.41, 5.74) is 6.18. The zero-order valence-corrected chi connectivity index (χ0v) is 12.3. The van der Waals surface area contributed by atoms with Gasteiger partial charge in [-0.25, -0.2) is 0 Å². The first-order valence-corrected chi connectivity index (χ1v) is 7.00. The molecule has 1 aromatic carbocycles. The van der Waals surface area contributed by atoms with Crippen molar-refractivity contribution in [2.75, 3.05) is 19.8 Å². The fourth-order valence-electron chi connectivity index (χ4n) is 1.76. The summed E-state index contributed by atoms with van der Waals surface area (Å²) in [6, 6.07) is 3.50. The van der Waals surface area contributed by atoms with Crippen LogP contribution in [0.2, 0.25) is 0 Å². The summed E-state index contributed by atoms with van der Waals surface area (Å²) in [4.78, 5) is 12.0. The molecule has 1 atom stereocenters. The first-order chi connectivity index (χ1) is 9.08. The summed E-state index contributed by atoms with van der Waals surface area (Å²) in [5.74, 6) is 1.11. The third-order valence-electron chi connectivity index (χ3n) is 2.74. The van der Waals surface area contributed by atoms with Crippen molar-refractivity contribution >= 4 is 21.8 Å². The number of nitrogens with two attached hydrogens (primary N) is 1. The van der Waals surface area contributed by atoms with Gasteiger partial charge in [-0.3, -0.25) is 4.79 Å². The normalized spacial score (nSPS) is 14.9. The number of carbonyl (C=O) groups excluding carboxylic acids is 1. The second-order valence-electron chi connectivity index (χ2n) is 4.50. The SMILES string of the molecule is CC(N)CCNC(=O)c1cc(Br)c2c(c1)OCCO2. The third-order valence-corrected chi connectivity index (χ3v) is 3.33. The molecule has 19 heavy (non-hydrogen) atoms. The summed E-state index contributed by atoms with van der Waals surface area (Å²) in [5, 5.41) is 2.83. The Morgan fingerprint density at radius 2 is 2.21 bits per heavy atom. The van der Waals surface area contributed by atoms with Gasteiger partial charge in [-0.15, -0.1) is 0 Å². The van der Waals surface area contributed by atoms with Gasteiger partial charge in [-0.05, 0) is 41.4 Å². The number of fused-ring (bicyclic) bond motifs is 1. The summed E-state index contributed by atoms with van der Waals surface area (Å²) in [6.07, 6.45) is 0.747. The average Bonchev–Trinajstić information content (AvgIpc) is 2.38. The molecule has 1 amide bonds. The monoisotopic (exact) mass is 328 g/mol. The number of benzene rings is 1. The largest absolute Gasteiger partial charge is 0.486 e. The lowest BCUT2D eigenvalue weighted by atomic mass is 10.1. The van der Waals surface area contributed by atoms with Crippen LogP contribution in [0.5, 0.6) is 11.5 Å². The second kappa shape index (κ2) is 6.25. The van der Waals surface area contributed by atoms with Crippen LogP contribution in [0.4, 0.5) is 0 Å². The fourth-order valence-corrected chi connectivity index (χ4v) is 2.31. The van der Waals surface area contributed by atoms with E-state index < -0.39 is 0 Å². The number of rotatable bonds is 4. The molecule has 104 valence electrons. The fraction of sp³-hybridized carbons (Fsp3) is 0.462. The Kier molecular flexibility index (Phi) is 4.66. The highest BCUT2D eigenvalue weighted by Gasteiger charge is 2.18. The van der Waals surface area contributed by atoms with Crippen molar-refractivity contribution in [3.8, 4) is 11.5 Å². The van der Waals surface area contributed by atoms with Crippen LogP contribution in [0.1, 0.15) is 23.7 Å². The molecule has 1 aliphatic heterocycles. The molecule has 0 bridgehead atoms. The van der Waals surface area contributed by atoms with Gasteiger partial charge in [0, 0.05) is 18.2 Å². The highest BCUT2D eigenvalue weighted by atomic mass is 79.9. The molecule has 0 radical (unpaired) electrons. The van der Waals surface area contributed by atoms with Gasteiger partial charge in [0.1, 0.15) is 13.2 Å². The lowest BCUT2D eigenvalue weighted by molar-refractivity contribution is 0.0951. The second-order valence-corrected chi connectivity index (χ2v) is 5.36. The molecule has 0 spiro atoms. The number of ether oxygens (including phenoxy) is 2. The van der Waals surface area contributed by atoms with E-state index in [1.54, 1.807) is 12.1 Å².